The first-order chi connectivity index (χ1) is 10.7. The Hall–Kier alpha value is -0.0800. The van der Waals surface area contributed by atoms with Crippen LogP contribution in [0.1, 0.15) is 73.1 Å². The molecular weight excluding hydrogens is 284 g/mol. The normalized spacial score (nSPS) is 52.6. The minimum atomic E-state index is 0.265. The van der Waals surface area contributed by atoms with Gasteiger partial charge in [-0.25, -0.2) is 0 Å². The molecule has 3 fully saturated rings. The van der Waals surface area contributed by atoms with Crippen molar-refractivity contribution in [1.29, 1.82) is 0 Å². The van der Waals surface area contributed by atoms with E-state index in [0.29, 0.717) is 35.4 Å². The number of hydrogen-bond acceptors (Lipinski definition) is 2. The quantitative estimate of drug-likeness (QED) is 0.783. The summed E-state index contributed by atoms with van der Waals surface area (Å²) >= 11 is 0. The van der Waals surface area contributed by atoms with E-state index in [0.717, 1.165) is 11.8 Å². The molecule has 3 rings (SSSR count). The summed E-state index contributed by atoms with van der Waals surface area (Å²) in [6.45, 7) is 12.7. The number of fused-ring (bicyclic) bond motifs is 3. The highest BCUT2D eigenvalue weighted by Gasteiger charge is 2.63. The molecule has 3 aliphatic rings. The van der Waals surface area contributed by atoms with E-state index < -0.39 is 0 Å². The second kappa shape index (κ2) is 5.73. The van der Waals surface area contributed by atoms with Crippen LogP contribution in [0, 0.1) is 39.9 Å². The van der Waals surface area contributed by atoms with Crippen molar-refractivity contribution in [3.05, 3.63) is 0 Å². The van der Waals surface area contributed by atoms with Crippen molar-refractivity contribution in [2.45, 2.75) is 79.2 Å². The molecule has 0 saturated heterocycles. The van der Waals surface area contributed by atoms with Crippen molar-refractivity contribution in [3.63, 3.8) is 0 Å². The van der Waals surface area contributed by atoms with Crippen LogP contribution in [0.4, 0.5) is 0 Å². The molecule has 23 heavy (non-hydrogen) atoms. The first kappa shape index (κ1) is 17.7. The summed E-state index contributed by atoms with van der Waals surface area (Å²) in [6.07, 6.45) is 8.14. The lowest BCUT2D eigenvalue weighted by Crippen LogP contribution is -2.62. The topological polar surface area (TPSA) is 29.5 Å². The molecule has 1 N–H and O–H groups in total. The molecule has 0 radical (unpaired) electrons. The second-order valence-electron chi connectivity index (χ2n) is 10.1. The maximum Gasteiger partial charge on any atom is 0.0625 e. The average molecular weight is 323 g/mol. The van der Waals surface area contributed by atoms with Gasteiger partial charge in [0.15, 0.2) is 0 Å². The van der Waals surface area contributed by atoms with E-state index in [2.05, 4.69) is 34.6 Å². The van der Waals surface area contributed by atoms with E-state index in [4.69, 9.17) is 4.74 Å². The molecule has 0 unspecified atom stereocenters. The molecule has 0 aromatic carbocycles. The van der Waals surface area contributed by atoms with Crippen LogP contribution in [0.3, 0.4) is 0 Å². The Bertz CT molecular complexity index is 445. The average Bonchev–Trinajstić information content (AvgIpc) is 2.46. The van der Waals surface area contributed by atoms with Crippen molar-refractivity contribution in [1.82, 2.24) is 0 Å². The molecule has 2 heteroatoms. The van der Waals surface area contributed by atoms with Crippen LogP contribution >= 0.6 is 0 Å². The first-order valence-electron chi connectivity index (χ1n) is 9.85. The van der Waals surface area contributed by atoms with Crippen LogP contribution in [0.2, 0.25) is 0 Å². The summed E-state index contributed by atoms with van der Waals surface area (Å²) < 4.78 is 5.88. The Balaban J connectivity index is 1.97. The second-order valence-corrected chi connectivity index (χ2v) is 10.1. The van der Waals surface area contributed by atoms with Crippen molar-refractivity contribution in [3.8, 4) is 0 Å². The predicted octanol–water partition coefficient (Wildman–Crippen LogP) is 4.90. The standard InChI is InChI=1S/C21H38O2/c1-14-7-8-17-20(4,15(14)13-22)11-9-16-19(2,3)18(23-6)10-12-21(16,17)5/h14-18,22H,7-13H2,1-6H3/t14-,15-,16+,17+,18+,20+,21+/m1/s1. The van der Waals surface area contributed by atoms with Crippen molar-refractivity contribution < 1.29 is 9.84 Å². The van der Waals surface area contributed by atoms with Gasteiger partial charge in [-0.3, -0.25) is 0 Å². The summed E-state index contributed by atoms with van der Waals surface area (Å²) in [5.41, 5.74) is 1.01. The molecule has 0 aromatic rings. The smallest absolute Gasteiger partial charge is 0.0625 e. The highest BCUT2D eigenvalue weighted by molar-refractivity contribution is 5.12. The van der Waals surface area contributed by atoms with E-state index in [1.807, 2.05) is 7.11 Å². The minimum Gasteiger partial charge on any atom is -0.396 e. The zero-order chi connectivity index (χ0) is 17.0. The van der Waals surface area contributed by atoms with Crippen LogP contribution in [-0.4, -0.2) is 24.9 Å². The van der Waals surface area contributed by atoms with Crippen molar-refractivity contribution in [2.75, 3.05) is 13.7 Å². The van der Waals surface area contributed by atoms with Crippen LogP contribution in [0.25, 0.3) is 0 Å². The molecule has 0 amide bonds. The van der Waals surface area contributed by atoms with E-state index in [-0.39, 0.29) is 5.41 Å². The van der Waals surface area contributed by atoms with Gasteiger partial charge in [0.1, 0.15) is 0 Å². The van der Waals surface area contributed by atoms with Gasteiger partial charge in [0.05, 0.1) is 6.10 Å². The van der Waals surface area contributed by atoms with Gasteiger partial charge in [-0.2, -0.15) is 0 Å². The zero-order valence-corrected chi connectivity index (χ0v) is 16.2. The predicted molar refractivity (Wildman–Crippen MR) is 95.2 cm³/mol. The fourth-order valence-corrected chi connectivity index (χ4v) is 7.76. The maximum atomic E-state index is 10.1. The molecule has 0 bridgehead atoms. The third-order valence-corrected chi connectivity index (χ3v) is 8.96. The number of ether oxygens (including phenoxy) is 1. The van der Waals surface area contributed by atoms with Gasteiger partial charge in [-0.1, -0.05) is 41.0 Å². The van der Waals surface area contributed by atoms with E-state index in [9.17, 15) is 5.11 Å². The zero-order valence-electron chi connectivity index (χ0n) is 16.2. The van der Waals surface area contributed by atoms with Crippen molar-refractivity contribution >= 4 is 0 Å². The molecule has 0 aromatic heterocycles. The molecular formula is C21H38O2. The number of hydrogen-bond donors (Lipinski definition) is 1. The summed E-state index contributed by atoms with van der Waals surface area (Å²) in [7, 11) is 1.89. The van der Waals surface area contributed by atoms with Gasteiger partial charge in [-0.15, -0.1) is 0 Å². The largest absolute Gasteiger partial charge is 0.396 e. The lowest BCUT2D eigenvalue weighted by molar-refractivity contribution is -0.207. The summed E-state index contributed by atoms with van der Waals surface area (Å²) in [5.74, 6) is 2.67. The van der Waals surface area contributed by atoms with E-state index in [1.54, 1.807) is 0 Å². The van der Waals surface area contributed by atoms with Crippen LogP contribution in [-0.2, 0) is 4.74 Å². The maximum absolute atomic E-state index is 10.1. The summed E-state index contributed by atoms with van der Waals surface area (Å²) in [5, 5.41) is 10.1. The van der Waals surface area contributed by atoms with Gasteiger partial charge in [0.25, 0.3) is 0 Å². The van der Waals surface area contributed by atoms with Gasteiger partial charge < -0.3 is 9.84 Å². The molecule has 0 spiro atoms. The summed E-state index contributed by atoms with van der Waals surface area (Å²) in [4.78, 5) is 0. The fraction of sp³-hybridized carbons (Fsp3) is 1.00. The van der Waals surface area contributed by atoms with Crippen LogP contribution in [0.15, 0.2) is 0 Å². The molecule has 2 nitrogen and oxygen atoms in total. The lowest BCUT2D eigenvalue weighted by atomic mass is 9.38. The Labute approximate surface area is 143 Å². The van der Waals surface area contributed by atoms with Gasteiger partial charge in [0, 0.05) is 13.7 Å². The Morgan fingerprint density at radius 2 is 1.57 bits per heavy atom. The number of aliphatic hydroxyl groups is 1. The molecule has 7 atom stereocenters. The highest BCUT2D eigenvalue weighted by atomic mass is 16.5. The monoisotopic (exact) mass is 322 g/mol. The third-order valence-electron chi connectivity index (χ3n) is 8.96. The van der Waals surface area contributed by atoms with Gasteiger partial charge in [0.2, 0.25) is 0 Å². The SMILES string of the molecule is CO[C@H]1CC[C@]2(C)[C@H]3CC[C@@H](C)[C@@H](CO)[C@]3(C)CC[C@H]2C1(C)C. The van der Waals surface area contributed by atoms with E-state index >= 15 is 0 Å². The Morgan fingerprint density at radius 1 is 0.913 bits per heavy atom. The third kappa shape index (κ3) is 2.34. The first-order valence-corrected chi connectivity index (χ1v) is 9.85. The highest BCUT2D eigenvalue weighted by Crippen LogP contribution is 2.69. The lowest BCUT2D eigenvalue weighted by Gasteiger charge is -2.67. The number of rotatable bonds is 2. The molecule has 3 saturated carbocycles. The summed E-state index contributed by atoms with van der Waals surface area (Å²) in [6, 6.07) is 0. The van der Waals surface area contributed by atoms with E-state index in [1.165, 1.54) is 38.5 Å². The van der Waals surface area contributed by atoms with Gasteiger partial charge in [-0.05, 0) is 72.0 Å². The van der Waals surface area contributed by atoms with Gasteiger partial charge >= 0.3 is 0 Å². The van der Waals surface area contributed by atoms with Crippen LogP contribution in [0.5, 0.6) is 0 Å². The Morgan fingerprint density at radius 3 is 2.17 bits per heavy atom. The molecule has 0 heterocycles. The minimum absolute atomic E-state index is 0.265. The molecule has 3 aliphatic carbocycles. The molecule has 134 valence electrons. The fourth-order valence-electron chi connectivity index (χ4n) is 7.76. The Kier molecular flexibility index (Phi) is 4.42. The number of methoxy groups -OCH3 is 1. The number of aliphatic hydroxyl groups excluding tert-OH is 1. The van der Waals surface area contributed by atoms with Crippen molar-refractivity contribution in [2.24, 2.45) is 39.9 Å². The van der Waals surface area contributed by atoms with Crippen LogP contribution < -0.4 is 0 Å². The molecule has 0 aliphatic heterocycles.